The number of sulfonamides is 1. The molecule has 184 valence electrons. The molecule has 2 N–H and O–H groups in total. The van der Waals surface area contributed by atoms with Gasteiger partial charge in [0.1, 0.15) is 6.54 Å². The first-order valence-electron chi connectivity index (χ1n) is 10.3. The van der Waals surface area contributed by atoms with Gasteiger partial charge in [-0.25, -0.2) is 13.8 Å². The topological polar surface area (TPSA) is 127 Å². The van der Waals surface area contributed by atoms with E-state index in [4.69, 9.17) is 14.2 Å². The Bertz CT molecular complexity index is 1310. The maximum absolute atomic E-state index is 13.5. The molecule has 0 unspecified atom stereocenters. The normalized spacial score (nSPS) is 11.2. The Hall–Kier alpha value is -4.25. The molecule has 0 heterocycles. The van der Waals surface area contributed by atoms with E-state index in [0.717, 1.165) is 4.31 Å². The second kappa shape index (κ2) is 11.3. The zero-order valence-corrected chi connectivity index (χ0v) is 20.2. The first-order valence-corrected chi connectivity index (χ1v) is 11.7. The third-order valence-electron chi connectivity index (χ3n) is 4.88. The Balaban J connectivity index is 1.85. The van der Waals surface area contributed by atoms with Crippen LogP contribution in [-0.4, -0.2) is 53.5 Å². The van der Waals surface area contributed by atoms with E-state index in [0.29, 0.717) is 17.0 Å². The number of rotatable bonds is 10. The average molecular weight is 500 g/mol. The minimum atomic E-state index is -4.16. The van der Waals surface area contributed by atoms with Crippen LogP contribution in [0.1, 0.15) is 5.56 Å². The number of benzene rings is 3. The summed E-state index contributed by atoms with van der Waals surface area (Å²) in [5.74, 6) is 0.152. The molecule has 0 aliphatic carbocycles. The monoisotopic (exact) mass is 499 g/mol. The fourth-order valence-corrected chi connectivity index (χ4v) is 4.57. The van der Waals surface area contributed by atoms with Gasteiger partial charge in [-0.2, -0.15) is 5.10 Å². The van der Waals surface area contributed by atoms with Gasteiger partial charge in [0.25, 0.3) is 15.9 Å². The largest absolute Gasteiger partial charge is 0.504 e. The molecule has 3 rings (SSSR count). The summed E-state index contributed by atoms with van der Waals surface area (Å²) in [6.45, 7) is -0.531. The Morgan fingerprint density at radius 3 is 2.29 bits per heavy atom. The summed E-state index contributed by atoms with van der Waals surface area (Å²) < 4.78 is 43.4. The van der Waals surface area contributed by atoms with Gasteiger partial charge in [0.15, 0.2) is 23.0 Å². The van der Waals surface area contributed by atoms with Gasteiger partial charge < -0.3 is 19.3 Å². The van der Waals surface area contributed by atoms with Crippen molar-refractivity contribution in [3.8, 4) is 23.0 Å². The summed E-state index contributed by atoms with van der Waals surface area (Å²) in [4.78, 5) is 12.6. The number of hydrogen-bond donors (Lipinski definition) is 2. The minimum Gasteiger partial charge on any atom is -0.504 e. The second-order valence-corrected chi connectivity index (χ2v) is 8.95. The maximum atomic E-state index is 13.5. The van der Waals surface area contributed by atoms with Gasteiger partial charge in [-0.15, -0.1) is 0 Å². The highest BCUT2D eigenvalue weighted by molar-refractivity contribution is 7.92. The zero-order chi connectivity index (χ0) is 25.4. The van der Waals surface area contributed by atoms with Crippen LogP contribution in [0.15, 0.2) is 76.7 Å². The van der Waals surface area contributed by atoms with Gasteiger partial charge in [0.2, 0.25) is 0 Å². The molecule has 1 amide bonds. The van der Waals surface area contributed by atoms with Crippen LogP contribution in [0.2, 0.25) is 0 Å². The van der Waals surface area contributed by atoms with Crippen LogP contribution in [0, 0.1) is 0 Å². The van der Waals surface area contributed by atoms with Crippen molar-refractivity contribution in [2.24, 2.45) is 5.10 Å². The molecule has 0 aliphatic rings. The number of hydrazone groups is 1. The van der Waals surface area contributed by atoms with Crippen LogP contribution in [0.5, 0.6) is 23.0 Å². The lowest BCUT2D eigenvalue weighted by Crippen LogP contribution is -2.39. The minimum absolute atomic E-state index is 0.0347. The van der Waals surface area contributed by atoms with E-state index in [2.05, 4.69) is 10.5 Å². The smallest absolute Gasteiger partial charge is 0.264 e. The van der Waals surface area contributed by atoms with Gasteiger partial charge in [0.05, 0.1) is 38.1 Å². The number of nitrogens with one attached hydrogen (secondary N) is 1. The Morgan fingerprint density at radius 1 is 0.943 bits per heavy atom. The van der Waals surface area contributed by atoms with Gasteiger partial charge in [0, 0.05) is 6.07 Å². The molecule has 0 atom stereocenters. The molecule has 35 heavy (non-hydrogen) atoms. The van der Waals surface area contributed by atoms with Crippen molar-refractivity contribution in [3.05, 3.63) is 72.3 Å². The van der Waals surface area contributed by atoms with Crippen LogP contribution in [0.4, 0.5) is 5.69 Å². The number of phenolic OH excluding ortho intramolecular Hbond substituents is 1. The molecule has 0 aromatic heterocycles. The first kappa shape index (κ1) is 25.4. The molecule has 10 nitrogen and oxygen atoms in total. The molecule has 3 aromatic carbocycles. The van der Waals surface area contributed by atoms with Crippen molar-refractivity contribution in [2.75, 3.05) is 32.2 Å². The van der Waals surface area contributed by atoms with E-state index in [9.17, 15) is 18.3 Å². The summed E-state index contributed by atoms with van der Waals surface area (Å²) in [6, 6.07) is 16.9. The lowest BCUT2D eigenvalue weighted by Gasteiger charge is -2.24. The molecule has 0 radical (unpaired) electrons. The highest BCUT2D eigenvalue weighted by Crippen LogP contribution is 2.32. The lowest BCUT2D eigenvalue weighted by atomic mass is 10.2. The Morgan fingerprint density at radius 2 is 1.63 bits per heavy atom. The molecule has 0 bridgehead atoms. The van der Waals surface area contributed by atoms with Crippen LogP contribution >= 0.6 is 0 Å². The fourth-order valence-electron chi connectivity index (χ4n) is 3.13. The first-order chi connectivity index (χ1) is 16.8. The van der Waals surface area contributed by atoms with Crippen molar-refractivity contribution < 1.29 is 32.5 Å². The number of amides is 1. The van der Waals surface area contributed by atoms with Gasteiger partial charge >= 0.3 is 0 Å². The van der Waals surface area contributed by atoms with Crippen LogP contribution in [0.3, 0.4) is 0 Å². The predicted molar refractivity (Wildman–Crippen MR) is 131 cm³/mol. The maximum Gasteiger partial charge on any atom is 0.264 e. The number of anilines is 1. The Kier molecular flexibility index (Phi) is 8.16. The highest BCUT2D eigenvalue weighted by Gasteiger charge is 2.28. The third kappa shape index (κ3) is 6.01. The average Bonchev–Trinajstić information content (AvgIpc) is 2.88. The van der Waals surface area contributed by atoms with E-state index in [1.807, 2.05) is 0 Å². The highest BCUT2D eigenvalue weighted by atomic mass is 32.2. The van der Waals surface area contributed by atoms with Crippen LogP contribution in [0.25, 0.3) is 0 Å². The summed E-state index contributed by atoms with van der Waals surface area (Å²) >= 11 is 0. The van der Waals surface area contributed by atoms with E-state index in [1.165, 1.54) is 57.9 Å². The van der Waals surface area contributed by atoms with E-state index in [1.54, 1.807) is 36.4 Å². The fraction of sp³-hybridized carbons (Fsp3) is 0.167. The standard InChI is InChI=1S/C24H25N3O7S/c1-32-21-12-10-19(14-23(21)34-3)35(30,31)27(18-7-5-4-6-8-18)16-24(29)26-25-15-17-9-11-20(28)22(13-17)33-2/h4-15,28H,16H2,1-3H3,(H,26,29)/b25-15-. The Labute approximate surface area is 203 Å². The van der Waals surface area contributed by atoms with Gasteiger partial charge in [-0.1, -0.05) is 18.2 Å². The number of methoxy groups -OCH3 is 3. The molecule has 0 saturated carbocycles. The number of carbonyl (C=O) groups is 1. The van der Waals surface area contributed by atoms with Crippen LogP contribution < -0.4 is 23.9 Å². The number of hydrogen-bond acceptors (Lipinski definition) is 8. The summed E-state index contributed by atoms with van der Waals surface area (Å²) in [5.41, 5.74) is 3.17. The number of para-hydroxylation sites is 1. The number of nitrogens with zero attached hydrogens (tertiary/aromatic N) is 2. The van der Waals surface area contributed by atoms with Gasteiger partial charge in [-0.05, 0) is 48.0 Å². The number of aromatic hydroxyl groups is 1. The van der Waals surface area contributed by atoms with E-state index < -0.39 is 22.5 Å². The van der Waals surface area contributed by atoms with Crippen LogP contribution in [-0.2, 0) is 14.8 Å². The van der Waals surface area contributed by atoms with Crippen molar-refractivity contribution >= 4 is 27.8 Å². The zero-order valence-electron chi connectivity index (χ0n) is 19.3. The lowest BCUT2D eigenvalue weighted by molar-refractivity contribution is -0.119. The molecular formula is C24H25N3O7S. The second-order valence-electron chi connectivity index (χ2n) is 7.09. The molecule has 0 spiro atoms. The number of carbonyl (C=O) groups excluding carboxylic acids is 1. The summed E-state index contributed by atoms with van der Waals surface area (Å²) in [5, 5.41) is 13.6. The molecular weight excluding hydrogens is 474 g/mol. The molecule has 0 saturated heterocycles. The number of phenols is 1. The predicted octanol–water partition coefficient (Wildman–Crippen LogP) is 2.76. The summed E-state index contributed by atoms with van der Waals surface area (Å²) in [7, 11) is 0.101. The number of ether oxygens (including phenoxy) is 3. The van der Waals surface area contributed by atoms with Crippen molar-refractivity contribution in [2.45, 2.75) is 4.90 Å². The molecule has 0 fully saturated rings. The molecule has 11 heteroatoms. The molecule has 3 aromatic rings. The van der Waals surface area contributed by atoms with Crippen molar-refractivity contribution in [1.29, 1.82) is 0 Å². The quantitative estimate of drug-likeness (QED) is 0.324. The SMILES string of the molecule is COc1cc(/C=N\NC(=O)CN(c2ccccc2)S(=O)(=O)c2ccc(OC)c(OC)c2)ccc1O. The van der Waals surface area contributed by atoms with Crippen molar-refractivity contribution in [3.63, 3.8) is 0 Å². The van der Waals surface area contributed by atoms with E-state index >= 15 is 0 Å². The van der Waals surface area contributed by atoms with Crippen molar-refractivity contribution in [1.82, 2.24) is 5.43 Å². The van der Waals surface area contributed by atoms with E-state index in [-0.39, 0.29) is 22.1 Å². The van der Waals surface area contributed by atoms with Gasteiger partial charge in [-0.3, -0.25) is 9.10 Å². The third-order valence-corrected chi connectivity index (χ3v) is 6.65. The summed E-state index contributed by atoms with van der Waals surface area (Å²) in [6.07, 6.45) is 1.34. The molecule has 0 aliphatic heterocycles.